The number of allylic oxidation sites excluding steroid dienone is 2. The van der Waals surface area contributed by atoms with E-state index in [1.807, 2.05) is 0 Å². The minimum absolute atomic E-state index is 0.420. The van der Waals surface area contributed by atoms with E-state index in [1.54, 1.807) is 0 Å². The van der Waals surface area contributed by atoms with Gasteiger partial charge in [-0.2, -0.15) is 0 Å². The molecule has 5 aromatic carbocycles. The van der Waals surface area contributed by atoms with Crippen LogP contribution >= 0.6 is 11.8 Å². The van der Waals surface area contributed by atoms with Gasteiger partial charge in [-0.05, 0) is 69.8 Å². The van der Waals surface area contributed by atoms with Crippen LogP contribution in [0.3, 0.4) is 0 Å². The van der Waals surface area contributed by atoms with Crippen molar-refractivity contribution in [1.29, 1.82) is 0 Å². The molecule has 0 bridgehead atoms. The second-order valence-electron chi connectivity index (χ2n) is 10.3. The van der Waals surface area contributed by atoms with Crippen molar-refractivity contribution in [2.45, 2.75) is 34.8 Å². The quantitative estimate of drug-likeness (QED) is 0.131. The van der Waals surface area contributed by atoms with Crippen molar-refractivity contribution in [3.8, 4) is 0 Å². The van der Waals surface area contributed by atoms with Gasteiger partial charge in [-0.15, -0.1) is 11.8 Å². The van der Waals surface area contributed by atoms with E-state index in [-0.39, 0.29) is 0 Å². The molecule has 0 spiro atoms. The average Bonchev–Trinajstić information content (AvgIpc) is 3.39. The molecule has 3 atom stereocenters. The summed E-state index contributed by atoms with van der Waals surface area (Å²) in [6.07, 6.45) is 8.95. The number of fused-ring (bicyclic) bond motifs is 8. The van der Waals surface area contributed by atoms with Crippen molar-refractivity contribution in [1.82, 2.24) is 0 Å². The normalized spacial score (nSPS) is 20.4. The highest BCUT2D eigenvalue weighted by molar-refractivity contribution is 8.00. The summed E-state index contributed by atoms with van der Waals surface area (Å²) in [6, 6.07) is 37.5. The third kappa shape index (κ3) is 3.92. The van der Waals surface area contributed by atoms with E-state index in [1.165, 1.54) is 43.1 Å². The molecule has 184 valence electrons. The predicted octanol–water partition coefficient (Wildman–Crippen LogP) is 9.58. The maximum absolute atomic E-state index is 4.43. The van der Waals surface area contributed by atoms with Gasteiger partial charge in [-0.1, -0.05) is 115 Å². The Bertz CT molecular complexity index is 1730. The van der Waals surface area contributed by atoms with Crippen LogP contribution in [0.4, 0.5) is 0 Å². The third-order valence-electron chi connectivity index (χ3n) is 8.17. The highest BCUT2D eigenvalue weighted by Gasteiger charge is 2.41. The molecule has 3 unspecified atom stereocenters. The number of benzene rings is 5. The number of hydrogen-bond donors (Lipinski definition) is 0. The molecule has 0 saturated carbocycles. The molecule has 2 aliphatic rings. The molecule has 1 aliphatic heterocycles. The van der Waals surface area contributed by atoms with Gasteiger partial charge in [-0.3, -0.25) is 4.99 Å². The van der Waals surface area contributed by atoms with Crippen molar-refractivity contribution in [3.05, 3.63) is 144 Å². The molecular weight excluding hydrogens is 478 g/mol. The van der Waals surface area contributed by atoms with E-state index in [2.05, 4.69) is 145 Å². The molecule has 0 aromatic heterocycles. The first-order valence-corrected chi connectivity index (χ1v) is 14.3. The molecule has 38 heavy (non-hydrogen) atoms. The van der Waals surface area contributed by atoms with E-state index in [9.17, 15) is 0 Å². The Morgan fingerprint density at radius 2 is 1.53 bits per heavy atom. The topological polar surface area (TPSA) is 12.4 Å². The maximum atomic E-state index is 4.43. The molecule has 2 heteroatoms. The van der Waals surface area contributed by atoms with E-state index in [0.29, 0.717) is 17.1 Å². The van der Waals surface area contributed by atoms with Crippen LogP contribution in [-0.2, 0) is 6.42 Å². The van der Waals surface area contributed by atoms with Crippen molar-refractivity contribution in [3.63, 3.8) is 0 Å². The standard InChI is InChI=1S/C36H29NS/c1-37-32(22-21-24-11-3-2-4-12-24)26-14-9-13-25(23-26)27-19-10-20-33-34(27)35-30-17-7-5-15-28(30)29-16-6-8-18-31(29)36(35)38-33/h2-18,20,22-23,27,33-34H,1,19,21H2/b32-22-. The zero-order chi connectivity index (χ0) is 25.5. The van der Waals surface area contributed by atoms with Crippen LogP contribution in [0.1, 0.15) is 40.5 Å². The molecule has 0 fully saturated rings. The van der Waals surface area contributed by atoms with Crippen molar-refractivity contribution < 1.29 is 0 Å². The Morgan fingerprint density at radius 3 is 2.32 bits per heavy atom. The van der Waals surface area contributed by atoms with E-state index in [4.69, 9.17) is 0 Å². The average molecular weight is 508 g/mol. The Hall–Kier alpha value is -3.88. The first-order chi connectivity index (χ1) is 18.8. The summed E-state index contributed by atoms with van der Waals surface area (Å²) in [5.41, 5.74) is 6.31. The summed E-state index contributed by atoms with van der Waals surface area (Å²) in [6.45, 7) is 3.91. The SMILES string of the molecule is C=N/C(=C\Cc1ccccc1)c1cccc(C2CC=CC3Sc4c(c5ccccc5c5ccccc45)C32)c1. The molecule has 0 N–H and O–H groups in total. The summed E-state index contributed by atoms with van der Waals surface area (Å²) < 4.78 is 0. The molecule has 7 rings (SSSR count). The van der Waals surface area contributed by atoms with Crippen LogP contribution in [0.2, 0.25) is 0 Å². The lowest BCUT2D eigenvalue weighted by atomic mass is 9.73. The molecule has 1 aliphatic carbocycles. The van der Waals surface area contributed by atoms with Crippen LogP contribution in [0.5, 0.6) is 0 Å². The Balaban J connectivity index is 1.32. The van der Waals surface area contributed by atoms with Gasteiger partial charge in [-0.25, -0.2) is 0 Å². The van der Waals surface area contributed by atoms with Crippen LogP contribution < -0.4 is 0 Å². The van der Waals surface area contributed by atoms with Gasteiger partial charge >= 0.3 is 0 Å². The monoisotopic (exact) mass is 507 g/mol. The lowest BCUT2D eigenvalue weighted by Gasteiger charge is -2.31. The number of rotatable bonds is 5. The fourth-order valence-corrected chi connectivity index (χ4v) is 8.05. The maximum Gasteiger partial charge on any atom is 0.0658 e. The fourth-order valence-electron chi connectivity index (χ4n) is 6.44. The highest BCUT2D eigenvalue weighted by Crippen LogP contribution is 2.59. The highest BCUT2D eigenvalue weighted by atomic mass is 32.2. The molecule has 5 aromatic rings. The molecule has 0 amide bonds. The summed E-state index contributed by atoms with van der Waals surface area (Å²) in [7, 11) is 0. The van der Waals surface area contributed by atoms with Crippen LogP contribution in [0.25, 0.3) is 27.2 Å². The molecular formula is C36H29NS. The van der Waals surface area contributed by atoms with Gasteiger partial charge in [0.25, 0.3) is 0 Å². The van der Waals surface area contributed by atoms with Crippen molar-refractivity contribution in [2.75, 3.05) is 0 Å². The number of aliphatic imine (C=N–C) groups is 1. The van der Waals surface area contributed by atoms with Gasteiger partial charge < -0.3 is 0 Å². The van der Waals surface area contributed by atoms with Crippen LogP contribution in [-0.4, -0.2) is 12.0 Å². The van der Waals surface area contributed by atoms with Gasteiger partial charge in [0, 0.05) is 21.6 Å². The van der Waals surface area contributed by atoms with E-state index >= 15 is 0 Å². The Morgan fingerprint density at radius 1 is 0.816 bits per heavy atom. The second kappa shape index (κ2) is 9.78. The van der Waals surface area contributed by atoms with E-state index < -0.39 is 0 Å². The van der Waals surface area contributed by atoms with Crippen molar-refractivity contribution >= 4 is 45.7 Å². The molecule has 1 nitrogen and oxygen atoms in total. The zero-order valence-electron chi connectivity index (χ0n) is 21.3. The smallest absolute Gasteiger partial charge is 0.0658 e. The molecule has 0 radical (unpaired) electrons. The lowest BCUT2D eigenvalue weighted by Crippen LogP contribution is -2.20. The first kappa shape index (κ1) is 23.3. The number of hydrogen-bond acceptors (Lipinski definition) is 2. The van der Waals surface area contributed by atoms with Gasteiger partial charge in [0.2, 0.25) is 0 Å². The summed E-state index contributed by atoms with van der Waals surface area (Å²) >= 11 is 2.06. The van der Waals surface area contributed by atoms with Gasteiger partial charge in [0.1, 0.15) is 0 Å². The number of thioether (sulfide) groups is 1. The lowest BCUT2D eigenvalue weighted by molar-refractivity contribution is 0.543. The summed E-state index contributed by atoms with van der Waals surface area (Å²) in [4.78, 5) is 5.90. The fraction of sp³-hybridized carbons (Fsp3) is 0.139. The largest absolute Gasteiger partial charge is 0.264 e. The Kier molecular flexibility index (Phi) is 5.98. The van der Waals surface area contributed by atoms with Crippen molar-refractivity contribution in [2.24, 2.45) is 4.99 Å². The summed E-state index contributed by atoms with van der Waals surface area (Å²) in [5.74, 6) is 0.863. The molecule has 1 heterocycles. The summed E-state index contributed by atoms with van der Waals surface area (Å²) in [5, 5.41) is 5.98. The minimum Gasteiger partial charge on any atom is -0.264 e. The zero-order valence-corrected chi connectivity index (χ0v) is 22.1. The number of nitrogens with zero attached hydrogens (tertiary/aromatic N) is 1. The minimum atomic E-state index is 0.420. The van der Waals surface area contributed by atoms with E-state index in [0.717, 1.165) is 24.1 Å². The van der Waals surface area contributed by atoms with Gasteiger partial charge in [0.05, 0.1) is 5.70 Å². The predicted molar refractivity (Wildman–Crippen MR) is 164 cm³/mol. The van der Waals surface area contributed by atoms with Gasteiger partial charge in [0.15, 0.2) is 0 Å². The third-order valence-corrected chi connectivity index (χ3v) is 9.57. The van der Waals surface area contributed by atoms with Crippen LogP contribution in [0.15, 0.2) is 131 Å². The second-order valence-corrected chi connectivity index (χ2v) is 11.5. The van der Waals surface area contributed by atoms with Crippen LogP contribution in [0, 0.1) is 0 Å². The molecule has 0 saturated heterocycles. The first-order valence-electron chi connectivity index (χ1n) is 13.4. The Labute approximate surface area is 228 Å².